The quantitative estimate of drug-likeness (QED) is 0.183. The van der Waals surface area contributed by atoms with Gasteiger partial charge in [0.1, 0.15) is 17.3 Å². The lowest BCUT2D eigenvalue weighted by Crippen LogP contribution is -2.30. The molecule has 0 saturated carbocycles. The fourth-order valence-electron chi connectivity index (χ4n) is 4.61. The Morgan fingerprint density at radius 3 is 2.51 bits per heavy atom. The number of ether oxygens (including phenoxy) is 2. The fourth-order valence-corrected chi connectivity index (χ4v) is 4.78. The van der Waals surface area contributed by atoms with E-state index in [1.165, 1.54) is 4.90 Å². The van der Waals surface area contributed by atoms with Gasteiger partial charge in [-0.2, -0.15) is 0 Å². The monoisotopic (exact) mass is 546 g/mol. The van der Waals surface area contributed by atoms with E-state index in [0.717, 1.165) is 5.69 Å². The Labute approximate surface area is 230 Å². The Kier molecular flexibility index (Phi) is 6.93. The lowest BCUT2D eigenvalue weighted by atomic mass is 9.95. The van der Waals surface area contributed by atoms with Crippen molar-refractivity contribution in [2.75, 3.05) is 37.6 Å². The number of halogens is 1. The average molecular weight is 547 g/mol. The zero-order chi connectivity index (χ0) is 27.8. The first-order valence-corrected chi connectivity index (χ1v) is 12.7. The van der Waals surface area contributed by atoms with Crippen LogP contribution < -0.4 is 19.3 Å². The molecule has 1 saturated heterocycles. The molecule has 9 nitrogen and oxygen atoms in total. The molecule has 1 unspecified atom stereocenters. The largest absolute Gasteiger partial charge is 0.507 e. The maximum atomic E-state index is 13.5. The summed E-state index contributed by atoms with van der Waals surface area (Å²) in [5.41, 5.74) is 3.01. The van der Waals surface area contributed by atoms with Crippen LogP contribution in [0, 0.1) is 0 Å². The Balaban J connectivity index is 1.70. The highest BCUT2D eigenvalue weighted by Crippen LogP contribution is 2.43. The predicted octanol–water partition coefficient (Wildman–Crippen LogP) is 5.32. The zero-order valence-electron chi connectivity index (χ0n) is 21.9. The van der Waals surface area contributed by atoms with Crippen molar-refractivity contribution >= 4 is 51.7 Å². The van der Waals surface area contributed by atoms with Gasteiger partial charge in [0.25, 0.3) is 5.78 Å². The number of aromatic nitrogens is 2. The number of amides is 1. The van der Waals surface area contributed by atoms with Gasteiger partial charge in [-0.1, -0.05) is 23.7 Å². The molecule has 0 spiro atoms. The number of aliphatic hydroxyl groups is 1. The van der Waals surface area contributed by atoms with Crippen molar-refractivity contribution in [2.45, 2.75) is 13.0 Å². The Bertz CT molecular complexity index is 1610. The van der Waals surface area contributed by atoms with Gasteiger partial charge >= 0.3 is 5.91 Å². The second-order valence-corrected chi connectivity index (χ2v) is 9.58. The molecule has 1 aliphatic heterocycles. The van der Waals surface area contributed by atoms with Crippen molar-refractivity contribution in [2.24, 2.45) is 0 Å². The number of ketones is 1. The van der Waals surface area contributed by atoms with E-state index >= 15 is 0 Å². The van der Waals surface area contributed by atoms with Crippen LogP contribution in [0.1, 0.15) is 24.1 Å². The average Bonchev–Trinajstić information content (AvgIpc) is 3.47. The van der Waals surface area contributed by atoms with Crippen LogP contribution in [-0.2, 0) is 9.59 Å². The van der Waals surface area contributed by atoms with E-state index in [-0.39, 0.29) is 17.3 Å². The highest BCUT2D eigenvalue weighted by Gasteiger charge is 2.48. The molecule has 0 bridgehead atoms. The number of aliphatic hydroxyl groups excluding tert-OH is 1. The van der Waals surface area contributed by atoms with Crippen LogP contribution in [0.2, 0.25) is 5.02 Å². The molecule has 0 aliphatic carbocycles. The van der Waals surface area contributed by atoms with E-state index in [1.54, 1.807) is 43.5 Å². The maximum Gasteiger partial charge on any atom is 0.302 e. The van der Waals surface area contributed by atoms with Crippen LogP contribution in [0.3, 0.4) is 0 Å². The van der Waals surface area contributed by atoms with Crippen molar-refractivity contribution in [3.63, 3.8) is 0 Å². The third kappa shape index (κ3) is 4.66. The third-order valence-corrected chi connectivity index (χ3v) is 6.89. The summed E-state index contributed by atoms with van der Waals surface area (Å²) in [6, 6.07) is 16.4. The third-order valence-electron chi connectivity index (χ3n) is 6.58. The van der Waals surface area contributed by atoms with Crippen LogP contribution in [-0.4, -0.2) is 54.6 Å². The Morgan fingerprint density at radius 2 is 1.85 bits per heavy atom. The van der Waals surface area contributed by atoms with Gasteiger partial charge in [-0.3, -0.25) is 14.5 Å². The van der Waals surface area contributed by atoms with Crippen LogP contribution >= 0.6 is 11.6 Å². The molecule has 0 radical (unpaired) electrons. The summed E-state index contributed by atoms with van der Waals surface area (Å²) < 4.78 is 10.9. The summed E-state index contributed by atoms with van der Waals surface area (Å²) in [7, 11) is 5.39. The van der Waals surface area contributed by atoms with Crippen molar-refractivity contribution in [3.05, 3.63) is 82.4 Å². The molecule has 200 valence electrons. The molecular weight excluding hydrogens is 520 g/mol. The molecule has 3 aromatic carbocycles. The molecule has 5 rings (SSSR count). The summed E-state index contributed by atoms with van der Waals surface area (Å²) in [5.74, 6) is -0.845. The van der Waals surface area contributed by atoms with Gasteiger partial charge in [-0.15, -0.1) is 0 Å². The number of carbonyl (C=O) groups excluding carboxylic acids is 2. The summed E-state index contributed by atoms with van der Waals surface area (Å²) in [6.07, 6.45) is 0. The molecule has 2 heterocycles. The fraction of sp³-hybridized carbons (Fsp3) is 0.207. The van der Waals surface area contributed by atoms with Crippen molar-refractivity contribution in [1.29, 1.82) is 0 Å². The smallest absolute Gasteiger partial charge is 0.302 e. The molecule has 1 aromatic heterocycles. The van der Waals surface area contributed by atoms with E-state index in [4.69, 9.17) is 21.1 Å². The maximum absolute atomic E-state index is 13.5. The van der Waals surface area contributed by atoms with Gasteiger partial charge in [0.15, 0.2) is 0 Å². The second kappa shape index (κ2) is 10.3. The first kappa shape index (κ1) is 26.1. The van der Waals surface area contributed by atoms with E-state index in [1.807, 2.05) is 50.2 Å². The SMILES string of the molecule is CCOc1cc(/C(O)=C2\C(=O)C(=O)N(c3nc4ccc(OC)cc4[nH]3)C2c2ccc(N(C)C)cc2)ccc1Cl. The number of imidazole rings is 1. The second-order valence-electron chi connectivity index (χ2n) is 9.18. The minimum absolute atomic E-state index is 0.0691. The molecule has 2 N–H and O–H groups in total. The number of hydrogen-bond donors (Lipinski definition) is 2. The topological polar surface area (TPSA) is 108 Å². The van der Waals surface area contributed by atoms with E-state index in [0.29, 0.717) is 45.3 Å². The number of nitrogens with one attached hydrogen (secondary N) is 1. The van der Waals surface area contributed by atoms with Gasteiger partial charge in [0.05, 0.1) is 41.4 Å². The number of H-pyrrole nitrogens is 1. The number of Topliss-reactive ketones (excluding diaryl/α,β-unsaturated/α-hetero) is 1. The zero-order valence-corrected chi connectivity index (χ0v) is 22.6. The van der Waals surface area contributed by atoms with Gasteiger partial charge in [0, 0.05) is 31.4 Å². The molecule has 1 atom stereocenters. The van der Waals surface area contributed by atoms with Crippen LogP contribution in [0.5, 0.6) is 11.5 Å². The van der Waals surface area contributed by atoms with E-state index < -0.39 is 17.7 Å². The first-order chi connectivity index (χ1) is 18.7. The number of benzene rings is 3. The van der Waals surface area contributed by atoms with E-state index in [2.05, 4.69) is 9.97 Å². The molecule has 4 aromatic rings. The number of aromatic amines is 1. The molecule has 1 amide bonds. The Hall–Kier alpha value is -4.50. The lowest BCUT2D eigenvalue weighted by Gasteiger charge is -2.24. The number of fused-ring (bicyclic) bond motifs is 1. The van der Waals surface area contributed by atoms with Gasteiger partial charge in [-0.05, 0) is 55.0 Å². The molecular formula is C29H27ClN4O5. The molecule has 1 fully saturated rings. The minimum atomic E-state index is -0.949. The number of carbonyl (C=O) groups is 2. The summed E-state index contributed by atoms with van der Waals surface area (Å²) >= 11 is 6.24. The number of rotatable bonds is 7. The first-order valence-electron chi connectivity index (χ1n) is 12.3. The summed E-state index contributed by atoms with van der Waals surface area (Å²) in [6.45, 7) is 2.18. The van der Waals surface area contributed by atoms with Crippen molar-refractivity contribution < 1.29 is 24.2 Å². The highest BCUT2D eigenvalue weighted by atomic mass is 35.5. The predicted molar refractivity (Wildman–Crippen MR) is 151 cm³/mol. The Morgan fingerprint density at radius 1 is 1.10 bits per heavy atom. The standard InChI is InChI=1S/C29H27ClN4O5/c1-5-39-23-14-17(8-12-20(23)30)26(35)24-25(16-6-9-18(10-7-16)33(2)3)34(28(37)27(24)36)29-31-21-13-11-19(38-4)15-22(21)32-29/h6-15,25,35H,5H2,1-4H3,(H,31,32)/b26-24+. The minimum Gasteiger partial charge on any atom is -0.507 e. The molecule has 39 heavy (non-hydrogen) atoms. The summed E-state index contributed by atoms with van der Waals surface area (Å²) in [4.78, 5) is 38.0. The number of methoxy groups -OCH3 is 1. The lowest BCUT2D eigenvalue weighted by molar-refractivity contribution is -0.132. The van der Waals surface area contributed by atoms with Crippen LogP contribution in [0.25, 0.3) is 16.8 Å². The van der Waals surface area contributed by atoms with Crippen molar-refractivity contribution in [3.8, 4) is 11.5 Å². The number of nitrogens with zero attached hydrogens (tertiary/aromatic N) is 3. The highest BCUT2D eigenvalue weighted by molar-refractivity contribution is 6.51. The van der Waals surface area contributed by atoms with Gasteiger partial charge in [0.2, 0.25) is 5.95 Å². The number of hydrogen-bond acceptors (Lipinski definition) is 7. The number of anilines is 2. The van der Waals surface area contributed by atoms with Crippen LogP contribution in [0.15, 0.2) is 66.2 Å². The summed E-state index contributed by atoms with van der Waals surface area (Å²) in [5, 5.41) is 11.8. The van der Waals surface area contributed by atoms with Crippen LogP contribution in [0.4, 0.5) is 11.6 Å². The van der Waals surface area contributed by atoms with Crippen molar-refractivity contribution in [1.82, 2.24) is 9.97 Å². The van der Waals surface area contributed by atoms with Gasteiger partial charge in [-0.25, -0.2) is 4.98 Å². The van der Waals surface area contributed by atoms with E-state index in [9.17, 15) is 14.7 Å². The molecule has 1 aliphatic rings. The molecule has 10 heteroatoms. The normalized spacial score (nSPS) is 16.6. The van der Waals surface area contributed by atoms with Gasteiger partial charge < -0.3 is 24.5 Å².